The van der Waals surface area contributed by atoms with Gasteiger partial charge in [0.25, 0.3) is 0 Å². The standard InChI is InChI=1S/C36H41FN6O4/c1-20(2)29-31-24(14-15-38-29)11-10-16-46-27-13-9-12-26(37)28(27)30-21(3)17-25-32(40-34(44)43(31)33(25)39-30)41-18-23(5)42(19-22(41)4)35(45)47-36(6,7)8/h9-15,17,20,22-23H,16,18-19H2,1-8H3/b11-10-/t22-,23-/m0/s1. The van der Waals surface area contributed by atoms with Crippen LogP contribution in [-0.4, -0.2) is 67.9 Å². The van der Waals surface area contributed by atoms with E-state index in [1.165, 1.54) is 10.6 Å². The quantitative estimate of drug-likeness (QED) is 0.240. The summed E-state index contributed by atoms with van der Waals surface area (Å²) in [6.07, 6.45) is 5.06. The van der Waals surface area contributed by atoms with E-state index in [2.05, 4.69) is 9.88 Å². The normalized spacial score (nSPS) is 18.7. The first-order valence-corrected chi connectivity index (χ1v) is 16.0. The first-order chi connectivity index (χ1) is 22.2. The second kappa shape index (κ2) is 12.1. The number of hydrogen-bond donors (Lipinski definition) is 0. The molecular weight excluding hydrogens is 599 g/mol. The van der Waals surface area contributed by atoms with Crippen molar-refractivity contribution in [1.29, 1.82) is 0 Å². The monoisotopic (exact) mass is 640 g/mol. The van der Waals surface area contributed by atoms with Crippen LogP contribution in [0.2, 0.25) is 0 Å². The summed E-state index contributed by atoms with van der Waals surface area (Å²) in [5, 5.41) is 0.625. The third-order valence-corrected chi connectivity index (χ3v) is 8.52. The van der Waals surface area contributed by atoms with Gasteiger partial charge in [-0.15, -0.1) is 0 Å². The Balaban J connectivity index is 1.62. The zero-order valence-corrected chi connectivity index (χ0v) is 28.2. The number of carbonyl (C=O) groups excluding carboxylic acids is 1. The SMILES string of the molecule is Cc1cc2c(N3C[C@H](C)N(C(=O)OC(C)(C)C)C[C@@H]3C)nc(=O)n3c2nc1-c1c(F)cccc1OC/C=C\c1ccnc(C(C)C)c1-3. The summed E-state index contributed by atoms with van der Waals surface area (Å²) in [6, 6.07) is 8.03. The Hall–Kier alpha value is -4.80. The molecule has 2 atom stereocenters. The molecule has 2 bridgehead atoms. The molecule has 1 amide bonds. The first kappa shape index (κ1) is 32.2. The van der Waals surface area contributed by atoms with E-state index < -0.39 is 17.1 Å². The molecule has 6 rings (SSSR count). The molecule has 47 heavy (non-hydrogen) atoms. The lowest BCUT2D eigenvalue weighted by Gasteiger charge is -2.44. The number of piperazine rings is 1. The van der Waals surface area contributed by atoms with Gasteiger partial charge in [0.15, 0.2) is 5.65 Å². The van der Waals surface area contributed by atoms with Crippen molar-refractivity contribution in [3.8, 4) is 22.7 Å². The van der Waals surface area contributed by atoms with Crippen LogP contribution in [0.5, 0.6) is 5.75 Å². The maximum atomic E-state index is 15.6. The van der Waals surface area contributed by atoms with Crippen LogP contribution in [0.3, 0.4) is 0 Å². The van der Waals surface area contributed by atoms with E-state index in [0.29, 0.717) is 58.3 Å². The van der Waals surface area contributed by atoms with Gasteiger partial charge < -0.3 is 19.3 Å². The van der Waals surface area contributed by atoms with Crippen molar-refractivity contribution in [3.05, 3.63) is 75.7 Å². The Morgan fingerprint density at radius 3 is 2.60 bits per heavy atom. The molecule has 0 saturated carbocycles. The van der Waals surface area contributed by atoms with E-state index in [9.17, 15) is 9.59 Å². The number of nitrogens with zero attached hydrogens (tertiary/aromatic N) is 6. The molecule has 10 nitrogen and oxygen atoms in total. The summed E-state index contributed by atoms with van der Waals surface area (Å²) in [6.45, 7) is 16.3. The summed E-state index contributed by atoms with van der Waals surface area (Å²) in [5.41, 5.74) is 2.48. The molecule has 2 aliphatic rings. The highest BCUT2D eigenvalue weighted by molar-refractivity contribution is 5.92. The third kappa shape index (κ3) is 5.94. The maximum Gasteiger partial charge on any atom is 0.410 e. The minimum Gasteiger partial charge on any atom is -0.489 e. The van der Waals surface area contributed by atoms with Gasteiger partial charge in [-0.2, -0.15) is 4.98 Å². The van der Waals surface area contributed by atoms with Crippen molar-refractivity contribution in [2.75, 3.05) is 24.6 Å². The van der Waals surface area contributed by atoms with Gasteiger partial charge in [0.1, 0.15) is 29.6 Å². The second-order valence-electron chi connectivity index (χ2n) is 13.7. The number of rotatable bonds is 2. The van der Waals surface area contributed by atoms with Gasteiger partial charge in [-0.25, -0.2) is 23.5 Å². The van der Waals surface area contributed by atoms with Gasteiger partial charge in [-0.3, -0.25) is 4.98 Å². The molecule has 0 N–H and O–H groups in total. The van der Waals surface area contributed by atoms with Gasteiger partial charge in [0, 0.05) is 36.9 Å². The van der Waals surface area contributed by atoms with E-state index in [0.717, 1.165) is 5.56 Å². The second-order valence-corrected chi connectivity index (χ2v) is 13.7. The number of aryl methyl sites for hydroxylation is 1. The van der Waals surface area contributed by atoms with E-state index in [-0.39, 0.29) is 36.3 Å². The molecule has 11 heteroatoms. The highest BCUT2D eigenvalue weighted by atomic mass is 19.1. The fourth-order valence-electron chi connectivity index (χ4n) is 6.35. The number of pyridine rings is 2. The number of halogens is 1. The van der Waals surface area contributed by atoms with Crippen LogP contribution >= 0.6 is 0 Å². The topological polar surface area (TPSA) is 103 Å². The molecule has 1 aromatic carbocycles. The van der Waals surface area contributed by atoms with Crippen LogP contribution in [0, 0.1) is 12.7 Å². The lowest BCUT2D eigenvalue weighted by atomic mass is 10.0. The predicted molar refractivity (Wildman–Crippen MR) is 181 cm³/mol. The molecule has 0 unspecified atom stereocenters. The number of fused-ring (bicyclic) bond motifs is 5. The molecule has 3 aromatic heterocycles. The molecule has 0 spiro atoms. The number of benzene rings is 1. The van der Waals surface area contributed by atoms with Crippen LogP contribution in [0.4, 0.5) is 15.0 Å². The molecule has 0 aliphatic carbocycles. The molecular formula is C36H41FN6O4. The number of ether oxygens (including phenoxy) is 2. The Morgan fingerprint density at radius 2 is 1.87 bits per heavy atom. The Labute approximate surface area is 273 Å². The zero-order valence-electron chi connectivity index (χ0n) is 28.2. The van der Waals surface area contributed by atoms with Crippen molar-refractivity contribution in [3.63, 3.8) is 0 Å². The lowest BCUT2D eigenvalue weighted by molar-refractivity contribution is 0.0130. The Bertz CT molecular complexity index is 1960. The average molecular weight is 641 g/mol. The zero-order chi connectivity index (χ0) is 33.8. The van der Waals surface area contributed by atoms with E-state index in [4.69, 9.17) is 19.4 Å². The number of amides is 1. The minimum absolute atomic E-state index is 0.0333. The smallest absolute Gasteiger partial charge is 0.410 e. The number of aromatic nitrogens is 4. The van der Waals surface area contributed by atoms with Crippen molar-refractivity contribution in [1.82, 2.24) is 24.4 Å². The molecule has 0 radical (unpaired) electrons. The maximum absolute atomic E-state index is 15.6. The number of carbonyl (C=O) groups is 1. The number of hydrogen-bond acceptors (Lipinski definition) is 8. The molecule has 246 valence electrons. The van der Waals surface area contributed by atoms with Gasteiger partial charge >= 0.3 is 11.8 Å². The average Bonchev–Trinajstić information content (AvgIpc) is 2.99. The molecule has 2 aliphatic heterocycles. The van der Waals surface area contributed by atoms with Crippen molar-refractivity contribution >= 4 is 29.0 Å². The minimum atomic E-state index is -0.626. The van der Waals surface area contributed by atoms with Crippen LogP contribution in [0.25, 0.3) is 34.1 Å². The summed E-state index contributed by atoms with van der Waals surface area (Å²) in [4.78, 5) is 45.7. The summed E-state index contributed by atoms with van der Waals surface area (Å²) in [5.74, 6) is 0.295. The van der Waals surface area contributed by atoms with Crippen LogP contribution in [0.1, 0.15) is 71.2 Å². The van der Waals surface area contributed by atoms with Gasteiger partial charge in [-0.1, -0.05) is 26.0 Å². The van der Waals surface area contributed by atoms with E-state index >= 15 is 4.39 Å². The summed E-state index contributed by atoms with van der Waals surface area (Å²) in [7, 11) is 0. The van der Waals surface area contributed by atoms with E-state index in [1.807, 2.05) is 79.7 Å². The Kier molecular flexibility index (Phi) is 8.27. The molecule has 4 aromatic rings. The predicted octanol–water partition coefficient (Wildman–Crippen LogP) is 6.65. The van der Waals surface area contributed by atoms with Crippen molar-refractivity contribution in [2.45, 2.75) is 79.0 Å². The van der Waals surface area contributed by atoms with Gasteiger partial charge in [0.2, 0.25) is 0 Å². The Morgan fingerprint density at radius 1 is 1.11 bits per heavy atom. The number of anilines is 1. The fourth-order valence-corrected chi connectivity index (χ4v) is 6.35. The van der Waals surface area contributed by atoms with Crippen LogP contribution in [-0.2, 0) is 4.74 Å². The largest absolute Gasteiger partial charge is 0.489 e. The fraction of sp³-hybridized carbons (Fsp3) is 0.417. The van der Waals surface area contributed by atoms with Crippen molar-refractivity contribution in [2.24, 2.45) is 0 Å². The summed E-state index contributed by atoms with van der Waals surface area (Å²) >= 11 is 0. The summed E-state index contributed by atoms with van der Waals surface area (Å²) < 4.78 is 28.9. The lowest BCUT2D eigenvalue weighted by Crippen LogP contribution is -2.59. The molecule has 5 heterocycles. The first-order valence-electron chi connectivity index (χ1n) is 16.0. The van der Waals surface area contributed by atoms with Gasteiger partial charge in [0.05, 0.1) is 28.0 Å². The highest BCUT2D eigenvalue weighted by Crippen LogP contribution is 2.38. The molecule has 1 saturated heterocycles. The molecule has 1 fully saturated rings. The van der Waals surface area contributed by atoms with Crippen molar-refractivity contribution < 1.29 is 18.7 Å². The van der Waals surface area contributed by atoms with E-state index in [1.54, 1.807) is 23.2 Å². The highest BCUT2D eigenvalue weighted by Gasteiger charge is 2.36. The third-order valence-electron chi connectivity index (χ3n) is 8.52. The van der Waals surface area contributed by atoms with Gasteiger partial charge in [-0.05, 0) is 83.4 Å². The van der Waals surface area contributed by atoms with Crippen LogP contribution in [0.15, 0.2) is 47.4 Å². The van der Waals surface area contributed by atoms with Crippen LogP contribution < -0.4 is 15.3 Å².